The molecule has 0 atom stereocenters. The minimum Gasteiger partial charge on any atom is -0.247 e. The fourth-order valence-corrected chi connectivity index (χ4v) is 3.72. The summed E-state index contributed by atoms with van der Waals surface area (Å²) in [5.74, 6) is 0. The third-order valence-corrected chi connectivity index (χ3v) is 5.31. The standard InChI is InChI=1S/C22H27N/c1-12-9-10-17-18(11-12)23-21-16(5)14(3)13(2)15(4)19(21)20(17)22(6,7)8/h9-11H,1-8H3. The van der Waals surface area contributed by atoms with Gasteiger partial charge in [-0.05, 0) is 79.5 Å². The zero-order chi connectivity index (χ0) is 17.1. The highest BCUT2D eigenvalue weighted by Crippen LogP contribution is 2.40. The molecule has 3 aromatic rings. The topological polar surface area (TPSA) is 12.9 Å². The van der Waals surface area contributed by atoms with Gasteiger partial charge >= 0.3 is 0 Å². The Kier molecular flexibility index (Phi) is 3.51. The van der Waals surface area contributed by atoms with Crippen LogP contribution in [0.25, 0.3) is 21.8 Å². The Morgan fingerprint density at radius 2 is 1.39 bits per heavy atom. The van der Waals surface area contributed by atoms with Crippen molar-refractivity contribution in [1.29, 1.82) is 0 Å². The third kappa shape index (κ3) is 2.34. The molecule has 0 fully saturated rings. The van der Waals surface area contributed by atoms with E-state index in [1.807, 2.05) is 0 Å². The Morgan fingerprint density at radius 3 is 2.00 bits per heavy atom. The average molecular weight is 305 g/mol. The van der Waals surface area contributed by atoms with Crippen LogP contribution in [0.1, 0.15) is 54.2 Å². The van der Waals surface area contributed by atoms with Crippen LogP contribution in [0.4, 0.5) is 0 Å². The highest BCUT2D eigenvalue weighted by atomic mass is 14.7. The van der Waals surface area contributed by atoms with Crippen molar-refractivity contribution in [3.8, 4) is 0 Å². The van der Waals surface area contributed by atoms with Crippen LogP contribution in [0.15, 0.2) is 18.2 Å². The van der Waals surface area contributed by atoms with Gasteiger partial charge in [0, 0.05) is 10.8 Å². The van der Waals surface area contributed by atoms with E-state index < -0.39 is 0 Å². The highest BCUT2D eigenvalue weighted by molar-refractivity contribution is 6.02. The van der Waals surface area contributed by atoms with E-state index in [1.165, 1.54) is 49.7 Å². The van der Waals surface area contributed by atoms with Gasteiger partial charge in [-0.15, -0.1) is 0 Å². The lowest BCUT2D eigenvalue weighted by Gasteiger charge is -2.26. The molecule has 2 aromatic carbocycles. The maximum Gasteiger partial charge on any atom is 0.0747 e. The first-order valence-corrected chi connectivity index (χ1v) is 8.44. The Labute approximate surface area is 139 Å². The Morgan fingerprint density at radius 1 is 0.783 bits per heavy atom. The van der Waals surface area contributed by atoms with Gasteiger partial charge < -0.3 is 0 Å². The van der Waals surface area contributed by atoms with Crippen LogP contribution in [0.2, 0.25) is 0 Å². The number of hydrogen-bond donors (Lipinski definition) is 0. The predicted octanol–water partition coefficient (Wildman–Crippen LogP) is 6.23. The average Bonchev–Trinajstić information content (AvgIpc) is 2.47. The summed E-state index contributed by atoms with van der Waals surface area (Å²) in [6.07, 6.45) is 0. The number of hydrogen-bond acceptors (Lipinski definition) is 1. The molecule has 0 saturated heterocycles. The second-order valence-corrected chi connectivity index (χ2v) is 7.98. The van der Waals surface area contributed by atoms with Crippen molar-refractivity contribution in [2.45, 2.75) is 60.8 Å². The minimum absolute atomic E-state index is 0.0770. The number of fused-ring (bicyclic) bond motifs is 2. The predicted molar refractivity (Wildman–Crippen MR) is 102 cm³/mol. The monoisotopic (exact) mass is 305 g/mol. The number of nitrogens with zero attached hydrogens (tertiary/aromatic N) is 1. The molecular formula is C22H27N. The first kappa shape index (κ1) is 16.0. The van der Waals surface area contributed by atoms with E-state index in [0.29, 0.717) is 0 Å². The highest BCUT2D eigenvalue weighted by Gasteiger charge is 2.24. The first-order valence-electron chi connectivity index (χ1n) is 8.44. The number of benzene rings is 2. The largest absolute Gasteiger partial charge is 0.247 e. The zero-order valence-electron chi connectivity index (χ0n) is 15.7. The maximum atomic E-state index is 5.07. The van der Waals surface area contributed by atoms with Gasteiger partial charge in [0.2, 0.25) is 0 Å². The molecule has 1 nitrogen and oxygen atoms in total. The summed E-state index contributed by atoms with van der Waals surface area (Å²) in [5, 5.41) is 2.65. The molecule has 0 aliphatic carbocycles. The van der Waals surface area contributed by atoms with Gasteiger partial charge in [0.1, 0.15) is 0 Å². The summed E-state index contributed by atoms with van der Waals surface area (Å²) in [6, 6.07) is 6.67. The summed E-state index contributed by atoms with van der Waals surface area (Å²) >= 11 is 0. The Hall–Kier alpha value is -1.89. The van der Waals surface area contributed by atoms with Crippen LogP contribution in [0, 0.1) is 34.6 Å². The van der Waals surface area contributed by atoms with Crippen LogP contribution in [-0.2, 0) is 5.41 Å². The molecule has 0 amide bonds. The molecule has 0 saturated carbocycles. The van der Waals surface area contributed by atoms with Crippen LogP contribution in [0.3, 0.4) is 0 Å². The molecule has 0 spiro atoms. The molecule has 1 aromatic heterocycles. The summed E-state index contributed by atoms with van der Waals surface area (Å²) in [6.45, 7) is 18.0. The van der Waals surface area contributed by atoms with E-state index in [9.17, 15) is 0 Å². The number of aryl methyl sites for hydroxylation is 3. The molecular weight excluding hydrogens is 278 g/mol. The zero-order valence-corrected chi connectivity index (χ0v) is 15.7. The van der Waals surface area contributed by atoms with Crippen LogP contribution >= 0.6 is 0 Å². The molecule has 0 N–H and O–H groups in total. The second-order valence-electron chi connectivity index (χ2n) is 7.98. The van der Waals surface area contributed by atoms with Gasteiger partial charge in [-0.2, -0.15) is 0 Å². The molecule has 0 unspecified atom stereocenters. The fourth-order valence-electron chi connectivity index (χ4n) is 3.72. The fraction of sp³-hybridized carbons (Fsp3) is 0.409. The molecule has 0 bridgehead atoms. The molecule has 1 heterocycles. The van der Waals surface area contributed by atoms with E-state index in [0.717, 1.165) is 5.52 Å². The van der Waals surface area contributed by atoms with Gasteiger partial charge in [0.15, 0.2) is 0 Å². The molecule has 23 heavy (non-hydrogen) atoms. The normalized spacial score (nSPS) is 12.3. The van der Waals surface area contributed by atoms with Crippen LogP contribution < -0.4 is 0 Å². The second kappa shape index (κ2) is 5.06. The number of aromatic nitrogens is 1. The van der Waals surface area contributed by atoms with E-state index in [1.54, 1.807) is 0 Å². The summed E-state index contributed by atoms with van der Waals surface area (Å²) < 4.78 is 0. The molecule has 3 rings (SSSR count). The lowest BCUT2D eigenvalue weighted by Crippen LogP contribution is -2.15. The van der Waals surface area contributed by atoms with Crippen molar-refractivity contribution in [2.75, 3.05) is 0 Å². The van der Waals surface area contributed by atoms with E-state index >= 15 is 0 Å². The maximum absolute atomic E-state index is 5.07. The van der Waals surface area contributed by atoms with Gasteiger partial charge in [-0.25, -0.2) is 4.98 Å². The van der Waals surface area contributed by atoms with Crippen molar-refractivity contribution >= 4 is 21.8 Å². The summed E-state index contributed by atoms with van der Waals surface area (Å²) in [5.41, 5.74) is 10.5. The van der Waals surface area contributed by atoms with E-state index in [4.69, 9.17) is 4.98 Å². The van der Waals surface area contributed by atoms with Gasteiger partial charge in [-0.1, -0.05) is 32.9 Å². The smallest absolute Gasteiger partial charge is 0.0747 e. The summed E-state index contributed by atoms with van der Waals surface area (Å²) in [4.78, 5) is 5.07. The molecule has 0 aliphatic rings. The number of pyridine rings is 1. The van der Waals surface area contributed by atoms with Crippen molar-refractivity contribution < 1.29 is 0 Å². The lowest BCUT2D eigenvalue weighted by atomic mass is 9.79. The van der Waals surface area contributed by atoms with Crippen molar-refractivity contribution in [1.82, 2.24) is 4.98 Å². The van der Waals surface area contributed by atoms with Crippen molar-refractivity contribution in [3.05, 3.63) is 51.6 Å². The van der Waals surface area contributed by atoms with Crippen LogP contribution in [-0.4, -0.2) is 4.98 Å². The Bertz CT molecular complexity index is 940. The SMILES string of the molecule is Cc1ccc2c(C(C)(C)C)c3c(C)c(C)c(C)c(C)c3nc2c1. The Balaban J connectivity index is 2.70. The minimum atomic E-state index is 0.0770. The molecule has 0 aliphatic heterocycles. The third-order valence-electron chi connectivity index (χ3n) is 5.31. The van der Waals surface area contributed by atoms with Crippen molar-refractivity contribution in [2.24, 2.45) is 0 Å². The van der Waals surface area contributed by atoms with Gasteiger partial charge in [0.25, 0.3) is 0 Å². The van der Waals surface area contributed by atoms with E-state index in [2.05, 4.69) is 73.6 Å². The lowest BCUT2D eigenvalue weighted by molar-refractivity contribution is 0.600. The quantitative estimate of drug-likeness (QED) is 0.449. The van der Waals surface area contributed by atoms with Crippen LogP contribution in [0.5, 0.6) is 0 Å². The first-order chi connectivity index (χ1) is 10.6. The molecule has 0 radical (unpaired) electrons. The number of rotatable bonds is 0. The summed E-state index contributed by atoms with van der Waals surface area (Å²) in [7, 11) is 0. The van der Waals surface area contributed by atoms with Gasteiger partial charge in [-0.3, -0.25) is 0 Å². The van der Waals surface area contributed by atoms with E-state index in [-0.39, 0.29) is 5.41 Å². The molecule has 1 heteroatoms. The van der Waals surface area contributed by atoms with Gasteiger partial charge in [0.05, 0.1) is 11.0 Å². The van der Waals surface area contributed by atoms with Crippen molar-refractivity contribution in [3.63, 3.8) is 0 Å². The molecule has 120 valence electrons.